The van der Waals surface area contributed by atoms with Gasteiger partial charge in [0.25, 0.3) is 5.91 Å². The van der Waals surface area contributed by atoms with Crippen LogP contribution in [0.5, 0.6) is 5.75 Å². The average molecular weight is 383 g/mol. The van der Waals surface area contributed by atoms with E-state index < -0.39 is 5.91 Å². The first-order chi connectivity index (χ1) is 13.4. The highest BCUT2D eigenvalue weighted by atomic mass is 16.5. The molecule has 3 aromatic rings. The Hall–Kier alpha value is -3.55. The molecule has 2 amide bonds. The SMILES string of the molecule is Cc1noc(C)c1COc1ccc(CC(=O)NNC(=O)c2ccoc2C)cc1. The lowest BCUT2D eigenvalue weighted by atomic mass is 10.1. The summed E-state index contributed by atoms with van der Waals surface area (Å²) in [6, 6.07) is 8.70. The van der Waals surface area contributed by atoms with Crippen molar-refractivity contribution in [3.05, 3.63) is 70.5 Å². The van der Waals surface area contributed by atoms with Crippen LogP contribution in [0.15, 0.2) is 45.5 Å². The van der Waals surface area contributed by atoms with Crippen molar-refractivity contribution in [3.63, 3.8) is 0 Å². The molecule has 2 N–H and O–H groups in total. The quantitative estimate of drug-likeness (QED) is 0.634. The van der Waals surface area contributed by atoms with Gasteiger partial charge in [0.2, 0.25) is 5.91 Å². The van der Waals surface area contributed by atoms with E-state index in [9.17, 15) is 9.59 Å². The zero-order chi connectivity index (χ0) is 20.1. The third kappa shape index (κ3) is 4.59. The van der Waals surface area contributed by atoms with E-state index in [0.29, 0.717) is 23.7 Å². The van der Waals surface area contributed by atoms with E-state index >= 15 is 0 Å². The van der Waals surface area contributed by atoms with Crippen LogP contribution in [0.4, 0.5) is 0 Å². The number of aryl methyl sites for hydroxylation is 3. The summed E-state index contributed by atoms with van der Waals surface area (Å²) in [5.74, 6) is 1.13. The molecule has 0 fully saturated rings. The van der Waals surface area contributed by atoms with E-state index in [0.717, 1.165) is 22.6 Å². The van der Waals surface area contributed by atoms with Gasteiger partial charge in [-0.3, -0.25) is 20.4 Å². The van der Waals surface area contributed by atoms with Gasteiger partial charge in [-0.05, 0) is 44.5 Å². The van der Waals surface area contributed by atoms with Crippen LogP contribution in [0.2, 0.25) is 0 Å². The molecule has 0 aliphatic rings. The molecule has 0 aliphatic carbocycles. The van der Waals surface area contributed by atoms with Crippen LogP contribution in [0.25, 0.3) is 0 Å². The second-order valence-electron chi connectivity index (χ2n) is 6.30. The van der Waals surface area contributed by atoms with Crippen molar-refractivity contribution in [2.45, 2.75) is 33.8 Å². The lowest BCUT2D eigenvalue weighted by molar-refractivity contribution is -0.121. The first-order valence-corrected chi connectivity index (χ1v) is 8.71. The van der Waals surface area contributed by atoms with Crippen LogP contribution < -0.4 is 15.6 Å². The number of nitrogens with zero attached hydrogens (tertiary/aromatic N) is 1. The monoisotopic (exact) mass is 383 g/mol. The van der Waals surface area contributed by atoms with Gasteiger partial charge in [0.15, 0.2) is 0 Å². The van der Waals surface area contributed by atoms with Crippen LogP contribution in [-0.4, -0.2) is 17.0 Å². The van der Waals surface area contributed by atoms with E-state index in [2.05, 4.69) is 16.0 Å². The molecule has 0 spiro atoms. The van der Waals surface area contributed by atoms with Crippen LogP contribution in [0, 0.1) is 20.8 Å². The number of nitrogens with one attached hydrogen (secondary N) is 2. The fraction of sp³-hybridized carbons (Fsp3) is 0.250. The number of rotatable bonds is 6. The molecule has 0 atom stereocenters. The molecular formula is C20H21N3O5. The lowest BCUT2D eigenvalue weighted by Gasteiger charge is -2.08. The number of amides is 2. The minimum atomic E-state index is -0.428. The average Bonchev–Trinajstić information content (AvgIpc) is 3.25. The van der Waals surface area contributed by atoms with Crippen molar-refractivity contribution in [1.29, 1.82) is 0 Å². The molecule has 0 saturated heterocycles. The molecule has 0 unspecified atom stereocenters. The van der Waals surface area contributed by atoms with Crippen LogP contribution in [0.3, 0.4) is 0 Å². The van der Waals surface area contributed by atoms with E-state index in [1.165, 1.54) is 12.3 Å². The Morgan fingerprint density at radius 3 is 2.39 bits per heavy atom. The Balaban J connectivity index is 1.47. The molecule has 0 saturated carbocycles. The van der Waals surface area contributed by atoms with E-state index in [1.807, 2.05) is 13.8 Å². The van der Waals surface area contributed by atoms with Gasteiger partial charge >= 0.3 is 0 Å². The number of benzene rings is 1. The van der Waals surface area contributed by atoms with Crippen molar-refractivity contribution in [1.82, 2.24) is 16.0 Å². The summed E-state index contributed by atoms with van der Waals surface area (Å²) >= 11 is 0. The van der Waals surface area contributed by atoms with Gasteiger partial charge in [-0.15, -0.1) is 0 Å². The highest BCUT2D eigenvalue weighted by Crippen LogP contribution is 2.18. The molecule has 2 aromatic heterocycles. The fourth-order valence-electron chi connectivity index (χ4n) is 2.61. The number of aromatic nitrogens is 1. The number of carbonyl (C=O) groups excluding carboxylic acids is 2. The fourth-order valence-corrected chi connectivity index (χ4v) is 2.61. The molecule has 0 aliphatic heterocycles. The highest BCUT2D eigenvalue weighted by Gasteiger charge is 2.13. The minimum absolute atomic E-state index is 0.120. The lowest BCUT2D eigenvalue weighted by Crippen LogP contribution is -2.42. The maximum atomic E-state index is 12.0. The third-order valence-electron chi connectivity index (χ3n) is 4.27. The molecule has 0 bridgehead atoms. The van der Waals surface area contributed by atoms with Crippen LogP contribution in [-0.2, 0) is 17.8 Å². The first kappa shape index (κ1) is 19.2. The Bertz CT molecular complexity index is 953. The Labute approximate surface area is 161 Å². The standard InChI is InChI=1S/C20H21N3O5/c1-12-18(14(3)28-23-12)11-27-16-6-4-15(5-7-16)10-19(24)21-22-20(25)17-8-9-26-13(17)2/h4-9H,10-11H2,1-3H3,(H,21,24)(H,22,25). The van der Waals surface area contributed by atoms with Crippen molar-refractivity contribution < 1.29 is 23.3 Å². The molecule has 146 valence electrons. The number of hydrogen-bond donors (Lipinski definition) is 2. The van der Waals surface area contributed by atoms with Crippen molar-refractivity contribution in [2.24, 2.45) is 0 Å². The predicted molar refractivity (Wildman–Crippen MR) is 99.5 cm³/mol. The zero-order valence-electron chi connectivity index (χ0n) is 15.9. The maximum Gasteiger partial charge on any atom is 0.273 e. The highest BCUT2D eigenvalue weighted by molar-refractivity contribution is 5.96. The summed E-state index contributed by atoms with van der Waals surface area (Å²) in [5.41, 5.74) is 7.64. The molecule has 8 heteroatoms. The Morgan fingerprint density at radius 2 is 1.79 bits per heavy atom. The second-order valence-corrected chi connectivity index (χ2v) is 6.30. The first-order valence-electron chi connectivity index (χ1n) is 8.71. The summed E-state index contributed by atoms with van der Waals surface area (Å²) in [5, 5.41) is 3.89. The molecule has 1 aromatic carbocycles. The van der Waals surface area contributed by atoms with E-state index in [-0.39, 0.29) is 12.3 Å². The molecule has 8 nitrogen and oxygen atoms in total. The van der Waals surface area contributed by atoms with Crippen molar-refractivity contribution in [2.75, 3.05) is 0 Å². The number of ether oxygens (including phenoxy) is 1. The second kappa shape index (κ2) is 8.43. The topological polar surface area (TPSA) is 107 Å². The largest absolute Gasteiger partial charge is 0.489 e. The third-order valence-corrected chi connectivity index (χ3v) is 4.27. The van der Waals surface area contributed by atoms with Crippen molar-refractivity contribution in [3.8, 4) is 5.75 Å². The maximum absolute atomic E-state index is 12.0. The normalized spacial score (nSPS) is 10.5. The number of hydrogen-bond acceptors (Lipinski definition) is 6. The van der Waals surface area contributed by atoms with Crippen LogP contribution >= 0.6 is 0 Å². The van der Waals surface area contributed by atoms with Gasteiger partial charge in [0.1, 0.15) is 23.9 Å². The molecular weight excluding hydrogens is 362 g/mol. The van der Waals surface area contributed by atoms with E-state index in [4.69, 9.17) is 13.7 Å². The van der Waals surface area contributed by atoms with Crippen molar-refractivity contribution >= 4 is 11.8 Å². The Morgan fingerprint density at radius 1 is 1.04 bits per heavy atom. The van der Waals surface area contributed by atoms with Gasteiger partial charge < -0.3 is 13.7 Å². The predicted octanol–water partition coefficient (Wildman–Crippen LogP) is 2.78. The molecule has 3 rings (SSSR count). The van der Waals surface area contributed by atoms with Gasteiger partial charge in [-0.2, -0.15) is 0 Å². The summed E-state index contributed by atoms with van der Waals surface area (Å²) in [6.07, 6.45) is 1.54. The van der Waals surface area contributed by atoms with Gasteiger partial charge in [-0.1, -0.05) is 17.3 Å². The summed E-state index contributed by atoms with van der Waals surface area (Å²) < 4.78 is 15.9. The number of furan rings is 1. The summed E-state index contributed by atoms with van der Waals surface area (Å²) in [7, 11) is 0. The zero-order valence-corrected chi connectivity index (χ0v) is 15.9. The number of carbonyl (C=O) groups is 2. The van der Waals surface area contributed by atoms with Crippen LogP contribution in [0.1, 0.15) is 38.7 Å². The Kier molecular flexibility index (Phi) is 5.78. The summed E-state index contributed by atoms with van der Waals surface area (Å²) in [4.78, 5) is 23.9. The smallest absolute Gasteiger partial charge is 0.273 e. The molecule has 0 radical (unpaired) electrons. The van der Waals surface area contributed by atoms with Gasteiger partial charge in [0, 0.05) is 0 Å². The molecule has 2 heterocycles. The van der Waals surface area contributed by atoms with E-state index in [1.54, 1.807) is 31.2 Å². The van der Waals surface area contributed by atoms with Gasteiger partial charge in [0.05, 0.1) is 29.5 Å². The molecule has 28 heavy (non-hydrogen) atoms. The summed E-state index contributed by atoms with van der Waals surface area (Å²) in [6.45, 7) is 5.74. The number of hydrazine groups is 1. The minimum Gasteiger partial charge on any atom is -0.489 e. The van der Waals surface area contributed by atoms with Gasteiger partial charge in [-0.25, -0.2) is 0 Å².